The molecule has 0 unspecified atom stereocenters. The van der Waals surface area contributed by atoms with Crippen molar-refractivity contribution in [2.24, 2.45) is 39.6 Å². The number of phenolic OH excluding ortho intramolecular Hbond substituents is 1. The number of para-hydroxylation sites is 1. The van der Waals surface area contributed by atoms with Gasteiger partial charge in [-0.1, -0.05) is 70.8 Å². The van der Waals surface area contributed by atoms with E-state index in [2.05, 4.69) is 68.1 Å². The van der Waals surface area contributed by atoms with Gasteiger partial charge in [0.1, 0.15) is 66.2 Å². The Hall–Kier alpha value is -10.6. The number of aromatic nitrogens is 2. The number of nitrogens with zero attached hydrogens (tertiary/aromatic N) is 3. The molecular formula is C68H93N19O16S2. The number of aliphatic imine (C=N–C) groups is 1. The Balaban J connectivity index is 1.27. The SMILES string of the molecule is NCCC(=O)N1CCC[C@H]1C(=O)N[C@@H](Cc1ccc(O)cc1)C(=O)N[C@H]1CSSC[C@H](C(N)=O)NC(=O)[C@H](CCC(=O)O)NC(=O)[C@H](Cc2c[nH]c3ccccc23)NC(=O)[C@H](CCC(N)=O)NC(=O)CCNC(=O)[C@H](CCCN=C(N)N)NC(=O)[C@H](Cc2ccccn2)NC(=O)[C@H](C2CCCC2)NC1=O. The third-order valence-corrected chi connectivity index (χ3v) is 20.3. The Labute approximate surface area is 612 Å². The molecule has 3 aliphatic rings. The summed E-state index contributed by atoms with van der Waals surface area (Å²) in [5.41, 5.74) is 30.2. The summed E-state index contributed by atoms with van der Waals surface area (Å²) in [7, 11) is 1.75. The van der Waals surface area contributed by atoms with Gasteiger partial charge in [0, 0.05) is 112 Å². The highest BCUT2D eigenvalue weighted by molar-refractivity contribution is 8.76. The van der Waals surface area contributed by atoms with E-state index in [1.165, 1.54) is 35.4 Å². The van der Waals surface area contributed by atoms with E-state index < -0.39 is 182 Å². The number of guanidine groups is 1. The van der Waals surface area contributed by atoms with Gasteiger partial charge in [-0.15, -0.1) is 0 Å². The summed E-state index contributed by atoms with van der Waals surface area (Å²) in [6.45, 7) is -0.160. The van der Waals surface area contributed by atoms with Gasteiger partial charge in [-0.2, -0.15) is 0 Å². The van der Waals surface area contributed by atoms with Gasteiger partial charge in [0.25, 0.3) is 0 Å². The molecule has 7 rings (SSSR count). The summed E-state index contributed by atoms with van der Waals surface area (Å²) in [6.07, 6.45) is 2.34. The number of phenols is 1. The third kappa shape index (κ3) is 26.0. The molecule has 0 spiro atoms. The van der Waals surface area contributed by atoms with Crippen molar-refractivity contribution >= 4 is 121 Å². The number of amides is 13. The van der Waals surface area contributed by atoms with Crippen molar-refractivity contribution in [3.8, 4) is 5.75 Å². The molecule has 568 valence electrons. The first kappa shape index (κ1) is 81.7. The van der Waals surface area contributed by atoms with Gasteiger partial charge < -0.3 is 102 Å². The molecule has 1 saturated carbocycles. The van der Waals surface area contributed by atoms with Crippen molar-refractivity contribution in [1.82, 2.24) is 68.0 Å². The van der Waals surface area contributed by atoms with Crippen LogP contribution < -0.4 is 81.8 Å². The molecule has 2 aromatic heterocycles. The number of hydrogen-bond donors (Lipinski definition) is 18. The van der Waals surface area contributed by atoms with Crippen molar-refractivity contribution in [2.45, 2.75) is 170 Å². The second-order valence-electron chi connectivity index (χ2n) is 25.7. The molecule has 3 fully saturated rings. The number of hydrogen-bond acceptors (Lipinski definition) is 20. The number of aromatic hydroxyl groups is 1. The lowest BCUT2D eigenvalue weighted by Crippen LogP contribution is -2.61. The number of pyridine rings is 1. The topological polar surface area (TPSA) is 574 Å². The lowest BCUT2D eigenvalue weighted by Gasteiger charge is -2.30. The average molecular weight is 1500 g/mol. The number of nitrogens with two attached hydrogens (primary N) is 5. The van der Waals surface area contributed by atoms with E-state index in [9.17, 15) is 63.0 Å². The lowest BCUT2D eigenvalue weighted by atomic mass is 9.96. The zero-order chi connectivity index (χ0) is 76.1. The standard InChI is InChI=1S/C68H93N19O16S2/c69-26-24-55(91)87-30-8-15-52(87)66(102)82-47(31-37-16-18-41(88)19-17-37)62(98)85-51-36-105-104-35-50(58(71)94)84-61(97)46(21-23-56(92)93)80-63(99)48(32-39-34-77-43-13-4-3-12-42(39)43)81-60(96)45(20-22-53(70)89)78-54(90)25-29-75-59(95)44(14-7-28-76-68(72)73)79-64(100)49(33-40-11-5-6-27-74-40)83-67(103)57(86-65(51)101)38-9-1-2-10-38/h3-6,11-13,16-19,27,34,38,44-52,57,77,88H,1-2,7-10,14-15,20-26,28-33,35-36,69H2,(H2,70,89)(H2,71,94)(H,75,95)(H,78,90)(H,79,100)(H,80,99)(H,81,96)(H,82,102)(H,83,103)(H,84,97)(H,85,98)(H,86,101)(H,92,93)(H4,72,73,76)/t44-,45-,46-,47-,48-,49-,50+,51-,52-,57-/m0/s1. The predicted octanol–water partition coefficient (Wildman–Crippen LogP) is -3.24. The Morgan fingerprint density at radius 3 is 1.98 bits per heavy atom. The van der Waals surface area contributed by atoms with Gasteiger partial charge in [-0.25, -0.2) is 0 Å². The van der Waals surface area contributed by atoms with Gasteiger partial charge in [0.15, 0.2) is 5.96 Å². The van der Waals surface area contributed by atoms with Crippen LogP contribution in [0.4, 0.5) is 0 Å². The van der Waals surface area contributed by atoms with Crippen LogP contribution in [0.25, 0.3) is 10.9 Å². The van der Waals surface area contributed by atoms with Gasteiger partial charge >= 0.3 is 5.97 Å². The average Bonchev–Trinajstić information content (AvgIpc) is 1.75. The number of likely N-dealkylation sites (tertiary alicyclic amines) is 1. The van der Waals surface area contributed by atoms with E-state index in [4.69, 9.17) is 28.7 Å². The molecule has 23 N–H and O–H groups in total. The molecular weight excluding hydrogens is 1400 g/mol. The molecule has 37 heteroatoms. The van der Waals surface area contributed by atoms with Gasteiger partial charge in [-0.3, -0.25) is 77.1 Å². The van der Waals surface area contributed by atoms with Gasteiger partial charge in [0.2, 0.25) is 76.8 Å². The van der Waals surface area contributed by atoms with Crippen LogP contribution in [0.2, 0.25) is 0 Å². The lowest BCUT2D eigenvalue weighted by molar-refractivity contribution is -0.139. The zero-order valence-corrected chi connectivity index (χ0v) is 59.4. The van der Waals surface area contributed by atoms with Crippen LogP contribution in [0.3, 0.4) is 0 Å². The van der Waals surface area contributed by atoms with Crippen molar-refractivity contribution in [1.29, 1.82) is 0 Å². The molecule has 2 aliphatic heterocycles. The predicted molar refractivity (Wildman–Crippen MR) is 386 cm³/mol. The molecule has 4 aromatic rings. The zero-order valence-electron chi connectivity index (χ0n) is 57.8. The Kier molecular flexibility index (Phi) is 32.0. The first-order chi connectivity index (χ1) is 50.3. The highest BCUT2D eigenvalue weighted by atomic mass is 33.1. The van der Waals surface area contributed by atoms with E-state index in [0.29, 0.717) is 59.8 Å². The number of aliphatic carboxylic acids is 1. The van der Waals surface area contributed by atoms with Gasteiger partial charge in [0.05, 0.1) is 0 Å². The number of carbonyl (C=O) groups excluding carboxylic acids is 13. The van der Waals surface area contributed by atoms with Crippen molar-refractivity contribution in [2.75, 3.05) is 37.7 Å². The molecule has 2 aromatic carbocycles. The molecule has 35 nitrogen and oxygen atoms in total. The summed E-state index contributed by atoms with van der Waals surface area (Å²) < 4.78 is 0. The van der Waals surface area contributed by atoms with Crippen LogP contribution in [0.1, 0.15) is 107 Å². The monoisotopic (exact) mass is 1500 g/mol. The minimum Gasteiger partial charge on any atom is -0.508 e. The van der Waals surface area contributed by atoms with Crippen LogP contribution >= 0.6 is 21.6 Å². The summed E-state index contributed by atoms with van der Waals surface area (Å²) in [4.78, 5) is 210. The highest BCUT2D eigenvalue weighted by Gasteiger charge is 2.41. The van der Waals surface area contributed by atoms with Crippen molar-refractivity contribution < 1.29 is 77.3 Å². The maximum Gasteiger partial charge on any atom is 0.303 e. The number of benzene rings is 2. The Bertz CT molecular complexity index is 3770. The van der Waals surface area contributed by atoms with E-state index in [0.717, 1.165) is 21.6 Å². The molecule has 0 bridgehead atoms. The van der Waals surface area contributed by atoms with Crippen LogP contribution in [0.5, 0.6) is 5.75 Å². The quantitative estimate of drug-likeness (QED) is 0.0142. The minimum absolute atomic E-state index is 0.00180. The number of nitrogens with one attached hydrogen (secondary N) is 11. The summed E-state index contributed by atoms with van der Waals surface area (Å²) in [5.74, 6) is -14.6. The number of H-pyrrole nitrogens is 1. The molecule has 4 heterocycles. The number of carbonyl (C=O) groups is 14. The maximum atomic E-state index is 15.3. The first-order valence-corrected chi connectivity index (χ1v) is 37.1. The van der Waals surface area contributed by atoms with Crippen molar-refractivity contribution in [3.63, 3.8) is 0 Å². The third-order valence-electron chi connectivity index (χ3n) is 17.9. The molecule has 0 radical (unpaired) electrons. The van der Waals surface area contributed by atoms with Gasteiger partial charge in [-0.05, 0) is 98.7 Å². The van der Waals surface area contributed by atoms with Crippen LogP contribution in [-0.2, 0) is 86.4 Å². The van der Waals surface area contributed by atoms with E-state index >= 15 is 14.4 Å². The maximum absolute atomic E-state index is 15.3. The fourth-order valence-electron chi connectivity index (χ4n) is 12.3. The van der Waals surface area contributed by atoms with E-state index in [-0.39, 0.29) is 93.7 Å². The highest BCUT2D eigenvalue weighted by Crippen LogP contribution is 2.30. The largest absolute Gasteiger partial charge is 0.508 e. The molecule has 13 amide bonds. The fraction of sp³-hybridized carbons (Fsp3) is 0.500. The molecule has 105 heavy (non-hydrogen) atoms. The first-order valence-electron chi connectivity index (χ1n) is 34.6. The Morgan fingerprint density at radius 1 is 0.667 bits per heavy atom. The second-order valence-corrected chi connectivity index (χ2v) is 28.3. The number of rotatable bonds is 24. The minimum atomic E-state index is -1.74. The number of aromatic amines is 1. The second kappa shape index (κ2) is 41.1. The molecule has 2 saturated heterocycles. The normalized spacial score (nSPS) is 22.9. The fourth-order valence-corrected chi connectivity index (χ4v) is 14.7. The molecule has 10 atom stereocenters. The van der Waals surface area contributed by atoms with Crippen LogP contribution in [0.15, 0.2) is 84.1 Å². The Morgan fingerprint density at radius 2 is 1.30 bits per heavy atom. The van der Waals surface area contributed by atoms with E-state index in [1.54, 1.807) is 48.7 Å². The number of carboxylic acid groups (broad SMARTS) is 1. The number of fused-ring (bicyclic) bond motifs is 1. The number of carboxylic acids is 1. The smallest absolute Gasteiger partial charge is 0.303 e. The summed E-state index contributed by atoms with van der Waals surface area (Å²) in [6, 6.07) is 2.62. The van der Waals surface area contributed by atoms with E-state index in [1.807, 2.05) is 0 Å². The number of primary amides is 2. The molecule has 1 aliphatic carbocycles. The summed E-state index contributed by atoms with van der Waals surface area (Å²) >= 11 is 0. The summed E-state index contributed by atoms with van der Waals surface area (Å²) in [5, 5.41) is 47.2. The van der Waals surface area contributed by atoms with Crippen molar-refractivity contribution in [3.05, 3.63) is 95.9 Å². The van der Waals surface area contributed by atoms with Crippen LogP contribution in [-0.4, -0.2) is 212 Å². The van der Waals surface area contributed by atoms with Crippen LogP contribution in [0, 0.1) is 5.92 Å².